The lowest BCUT2D eigenvalue weighted by Crippen LogP contribution is -2.44. The molecule has 0 fully saturated rings. The van der Waals surface area contributed by atoms with E-state index in [-0.39, 0.29) is 6.42 Å². The minimum atomic E-state index is -1.11. The van der Waals surface area contributed by atoms with Gasteiger partial charge in [0.1, 0.15) is 17.2 Å². The maximum absolute atomic E-state index is 11.7. The molecule has 1 atom stereocenters. The molecule has 6 nitrogen and oxygen atoms in total. The molecule has 1 heterocycles. The summed E-state index contributed by atoms with van der Waals surface area (Å²) < 4.78 is 10.3. The van der Waals surface area contributed by atoms with Crippen molar-refractivity contribution in [2.75, 3.05) is 0 Å². The van der Waals surface area contributed by atoms with Crippen LogP contribution in [-0.4, -0.2) is 28.8 Å². The predicted octanol–water partition coefficient (Wildman–Crippen LogP) is 2.95. The molecule has 2 rings (SSSR count). The third-order valence-electron chi connectivity index (χ3n) is 2.95. The number of carbonyl (C=O) groups excluding carboxylic acids is 1. The van der Waals surface area contributed by atoms with E-state index in [0.717, 1.165) is 16.5 Å². The zero-order valence-electron chi connectivity index (χ0n) is 12.8. The molecule has 118 valence electrons. The van der Waals surface area contributed by atoms with Crippen LogP contribution in [0.1, 0.15) is 26.3 Å². The van der Waals surface area contributed by atoms with Crippen LogP contribution < -0.4 is 5.32 Å². The maximum Gasteiger partial charge on any atom is 0.408 e. The van der Waals surface area contributed by atoms with Gasteiger partial charge < -0.3 is 19.6 Å². The number of amides is 1. The molecular formula is C16H19NO5. The minimum Gasteiger partial charge on any atom is -0.480 e. The third kappa shape index (κ3) is 4.25. The van der Waals surface area contributed by atoms with Gasteiger partial charge in [0.2, 0.25) is 0 Å². The maximum atomic E-state index is 11.7. The van der Waals surface area contributed by atoms with Crippen molar-refractivity contribution in [1.29, 1.82) is 0 Å². The zero-order valence-corrected chi connectivity index (χ0v) is 12.8. The van der Waals surface area contributed by atoms with Crippen LogP contribution in [0.15, 0.2) is 34.9 Å². The molecule has 0 aliphatic carbocycles. The topological polar surface area (TPSA) is 88.8 Å². The van der Waals surface area contributed by atoms with Crippen LogP contribution in [0.25, 0.3) is 11.0 Å². The van der Waals surface area contributed by atoms with Gasteiger partial charge in [-0.1, -0.05) is 6.07 Å². The van der Waals surface area contributed by atoms with Gasteiger partial charge in [-0.05, 0) is 44.5 Å². The third-order valence-corrected chi connectivity index (χ3v) is 2.95. The molecule has 22 heavy (non-hydrogen) atoms. The van der Waals surface area contributed by atoms with Crippen LogP contribution in [0.3, 0.4) is 0 Å². The fourth-order valence-electron chi connectivity index (χ4n) is 2.03. The highest BCUT2D eigenvalue weighted by Gasteiger charge is 2.24. The molecule has 0 saturated heterocycles. The molecule has 0 radical (unpaired) electrons. The molecule has 0 spiro atoms. The van der Waals surface area contributed by atoms with Gasteiger partial charge in [0.15, 0.2) is 0 Å². The quantitative estimate of drug-likeness (QED) is 0.906. The van der Waals surface area contributed by atoms with Crippen molar-refractivity contribution in [3.05, 3.63) is 36.1 Å². The first kappa shape index (κ1) is 15.9. The number of furan rings is 1. The smallest absolute Gasteiger partial charge is 0.408 e. The Morgan fingerprint density at radius 3 is 2.68 bits per heavy atom. The van der Waals surface area contributed by atoms with E-state index in [1.165, 1.54) is 0 Å². The predicted molar refractivity (Wildman–Crippen MR) is 80.7 cm³/mol. The van der Waals surface area contributed by atoms with Crippen molar-refractivity contribution in [3.8, 4) is 0 Å². The monoisotopic (exact) mass is 305 g/mol. The number of fused-ring (bicyclic) bond motifs is 1. The van der Waals surface area contributed by atoms with Crippen LogP contribution in [0.2, 0.25) is 0 Å². The van der Waals surface area contributed by atoms with E-state index >= 15 is 0 Å². The number of carboxylic acids is 1. The Balaban J connectivity index is 2.08. The molecule has 1 aromatic heterocycles. The Morgan fingerprint density at radius 1 is 1.32 bits per heavy atom. The zero-order chi connectivity index (χ0) is 16.3. The summed E-state index contributed by atoms with van der Waals surface area (Å²) in [4.78, 5) is 23.1. The second-order valence-electron chi connectivity index (χ2n) is 6.03. The summed E-state index contributed by atoms with van der Waals surface area (Å²) in [5, 5.41) is 12.5. The summed E-state index contributed by atoms with van der Waals surface area (Å²) in [6.45, 7) is 5.15. The fraction of sp³-hybridized carbons (Fsp3) is 0.375. The van der Waals surface area contributed by atoms with Crippen molar-refractivity contribution in [3.63, 3.8) is 0 Å². The van der Waals surface area contributed by atoms with E-state index in [0.29, 0.717) is 0 Å². The molecular weight excluding hydrogens is 286 g/mol. The first-order chi connectivity index (χ1) is 10.2. The molecule has 1 unspecified atom stereocenters. The van der Waals surface area contributed by atoms with Gasteiger partial charge in [-0.15, -0.1) is 0 Å². The summed E-state index contributed by atoms with van der Waals surface area (Å²) in [7, 11) is 0. The van der Waals surface area contributed by atoms with E-state index in [4.69, 9.17) is 9.15 Å². The molecule has 1 aromatic carbocycles. The van der Waals surface area contributed by atoms with Gasteiger partial charge in [-0.25, -0.2) is 9.59 Å². The number of hydrogen-bond donors (Lipinski definition) is 2. The molecule has 0 bridgehead atoms. The van der Waals surface area contributed by atoms with Gasteiger partial charge in [0, 0.05) is 11.8 Å². The van der Waals surface area contributed by atoms with E-state index in [2.05, 4.69) is 5.32 Å². The second-order valence-corrected chi connectivity index (χ2v) is 6.03. The van der Waals surface area contributed by atoms with Crippen molar-refractivity contribution >= 4 is 23.0 Å². The average Bonchev–Trinajstić information content (AvgIpc) is 2.82. The lowest BCUT2D eigenvalue weighted by molar-refractivity contribution is -0.139. The number of benzene rings is 1. The summed E-state index contributed by atoms with van der Waals surface area (Å²) in [6, 6.07) is 6.14. The molecule has 0 aliphatic rings. The first-order valence-electron chi connectivity index (χ1n) is 6.93. The van der Waals surface area contributed by atoms with Crippen molar-refractivity contribution in [2.45, 2.75) is 38.8 Å². The summed E-state index contributed by atoms with van der Waals surface area (Å²) in [5.74, 6) is -1.11. The van der Waals surface area contributed by atoms with Crippen molar-refractivity contribution in [1.82, 2.24) is 5.32 Å². The molecule has 2 N–H and O–H groups in total. The lowest BCUT2D eigenvalue weighted by atomic mass is 10.0. The van der Waals surface area contributed by atoms with E-state index in [1.54, 1.807) is 45.2 Å². The van der Waals surface area contributed by atoms with Crippen molar-refractivity contribution < 1.29 is 23.8 Å². The normalized spacial score (nSPS) is 12.9. The van der Waals surface area contributed by atoms with Gasteiger partial charge in [-0.2, -0.15) is 0 Å². The van der Waals surface area contributed by atoms with Crippen LogP contribution in [0.5, 0.6) is 0 Å². The Hall–Kier alpha value is -2.50. The van der Waals surface area contributed by atoms with E-state index in [1.807, 2.05) is 6.07 Å². The van der Waals surface area contributed by atoms with Crippen LogP contribution in [0.4, 0.5) is 4.79 Å². The van der Waals surface area contributed by atoms with Gasteiger partial charge in [0.05, 0.1) is 6.26 Å². The number of carbonyl (C=O) groups is 2. The lowest BCUT2D eigenvalue weighted by Gasteiger charge is -2.22. The summed E-state index contributed by atoms with van der Waals surface area (Å²) in [5.41, 5.74) is 0.844. The summed E-state index contributed by atoms with van der Waals surface area (Å²) in [6.07, 6.45) is 0.988. The minimum absolute atomic E-state index is 0.162. The number of hydrogen-bond acceptors (Lipinski definition) is 4. The molecule has 6 heteroatoms. The molecule has 0 aliphatic heterocycles. The Labute approximate surface area is 128 Å². The Morgan fingerprint density at radius 2 is 2.05 bits per heavy atom. The van der Waals surface area contributed by atoms with Crippen LogP contribution in [-0.2, 0) is 16.0 Å². The van der Waals surface area contributed by atoms with Crippen molar-refractivity contribution in [2.24, 2.45) is 0 Å². The highest BCUT2D eigenvalue weighted by molar-refractivity contribution is 5.81. The highest BCUT2D eigenvalue weighted by Crippen LogP contribution is 2.18. The second kappa shape index (κ2) is 6.09. The Bertz CT molecular complexity index is 683. The fourth-order valence-corrected chi connectivity index (χ4v) is 2.03. The first-order valence-corrected chi connectivity index (χ1v) is 6.93. The molecule has 2 aromatic rings. The number of aliphatic carboxylic acids is 1. The molecule has 0 saturated carbocycles. The SMILES string of the molecule is CC(C)(C)OC(=O)NC(Cc1ccc2occc2c1)C(=O)O. The largest absolute Gasteiger partial charge is 0.480 e. The standard InChI is InChI=1S/C16H19NO5/c1-16(2,3)22-15(20)17-12(14(18)19)9-10-4-5-13-11(8-10)6-7-21-13/h4-8,12H,9H2,1-3H3,(H,17,20)(H,18,19). The van der Waals surface area contributed by atoms with Crippen LogP contribution >= 0.6 is 0 Å². The number of nitrogens with one attached hydrogen (secondary N) is 1. The Kier molecular flexibility index (Phi) is 4.40. The highest BCUT2D eigenvalue weighted by atomic mass is 16.6. The average molecular weight is 305 g/mol. The van der Waals surface area contributed by atoms with E-state index < -0.39 is 23.7 Å². The van der Waals surface area contributed by atoms with Crippen LogP contribution in [0, 0.1) is 0 Å². The van der Waals surface area contributed by atoms with Gasteiger partial charge >= 0.3 is 12.1 Å². The van der Waals surface area contributed by atoms with E-state index in [9.17, 15) is 14.7 Å². The number of alkyl carbamates (subject to hydrolysis) is 1. The summed E-state index contributed by atoms with van der Waals surface area (Å²) >= 11 is 0. The van der Waals surface area contributed by atoms with Gasteiger partial charge in [0.25, 0.3) is 0 Å². The van der Waals surface area contributed by atoms with Gasteiger partial charge in [-0.3, -0.25) is 0 Å². The number of rotatable bonds is 4. The number of carboxylic acid groups (broad SMARTS) is 1. The molecule has 1 amide bonds. The number of ether oxygens (including phenoxy) is 1.